The number of rotatable bonds is 4. The highest BCUT2D eigenvalue weighted by Crippen LogP contribution is 2.20. The average molecular weight is 300 g/mol. The fourth-order valence-electron chi connectivity index (χ4n) is 1.75. The van der Waals surface area contributed by atoms with E-state index in [-0.39, 0.29) is 23.8 Å². The molecule has 0 aliphatic carbocycles. The summed E-state index contributed by atoms with van der Waals surface area (Å²) in [5.41, 5.74) is 4.70. The van der Waals surface area contributed by atoms with Gasteiger partial charge in [0.05, 0.1) is 5.02 Å². The van der Waals surface area contributed by atoms with E-state index in [1.54, 1.807) is 0 Å². The van der Waals surface area contributed by atoms with Crippen molar-refractivity contribution in [3.05, 3.63) is 29.0 Å². The second kappa shape index (κ2) is 5.87. The summed E-state index contributed by atoms with van der Waals surface area (Å²) in [7, 11) is 0. The van der Waals surface area contributed by atoms with Crippen molar-refractivity contribution in [2.45, 2.75) is 12.8 Å². The van der Waals surface area contributed by atoms with E-state index in [1.165, 1.54) is 12.1 Å². The van der Waals surface area contributed by atoms with E-state index in [9.17, 15) is 18.8 Å². The fourth-order valence-corrected chi connectivity index (χ4v) is 1.93. The minimum Gasteiger partial charge on any atom is -0.326 e. The molecule has 1 saturated heterocycles. The molecule has 6 nitrogen and oxygen atoms in total. The van der Waals surface area contributed by atoms with Gasteiger partial charge in [0.25, 0.3) is 11.8 Å². The molecule has 0 saturated carbocycles. The summed E-state index contributed by atoms with van der Waals surface area (Å²) < 4.78 is 12.9. The molecule has 1 aliphatic heterocycles. The van der Waals surface area contributed by atoms with Gasteiger partial charge in [0.15, 0.2) is 0 Å². The molecule has 1 aliphatic rings. The zero-order valence-corrected chi connectivity index (χ0v) is 11.0. The zero-order valence-electron chi connectivity index (χ0n) is 10.2. The Kier molecular flexibility index (Phi) is 4.19. The molecule has 0 spiro atoms. The lowest BCUT2D eigenvalue weighted by atomic mass is 10.0. The Morgan fingerprint density at radius 2 is 1.95 bits per heavy atom. The molecule has 3 amide bonds. The van der Waals surface area contributed by atoms with E-state index in [1.807, 2.05) is 0 Å². The lowest BCUT2D eigenvalue weighted by Crippen LogP contribution is -2.28. The van der Waals surface area contributed by atoms with E-state index < -0.39 is 23.5 Å². The number of hydrogen-bond acceptors (Lipinski definition) is 3. The van der Waals surface area contributed by atoms with Gasteiger partial charge in [-0.3, -0.25) is 25.2 Å². The van der Waals surface area contributed by atoms with Crippen molar-refractivity contribution in [3.63, 3.8) is 0 Å². The Hall–Kier alpha value is -2.15. The number of nitrogens with one attached hydrogen (secondary N) is 3. The molecule has 0 unspecified atom stereocenters. The SMILES string of the molecule is O=C(CCC1C(=O)NNC1=O)Nc1ccc(F)c(Cl)c1. The van der Waals surface area contributed by atoms with Crippen molar-refractivity contribution < 1.29 is 18.8 Å². The molecule has 0 radical (unpaired) electrons. The number of carbonyl (C=O) groups excluding carboxylic acids is 3. The first-order chi connectivity index (χ1) is 9.47. The molecule has 1 fully saturated rings. The maximum absolute atomic E-state index is 12.9. The van der Waals surface area contributed by atoms with Crippen molar-refractivity contribution in [3.8, 4) is 0 Å². The van der Waals surface area contributed by atoms with Crippen LogP contribution in [-0.2, 0) is 14.4 Å². The van der Waals surface area contributed by atoms with Crippen LogP contribution in [0, 0.1) is 11.7 Å². The van der Waals surface area contributed by atoms with Crippen molar-refractivity contribution in [2.24, 2.45) is 5.92 Å². The Morgan fingerprint density at radius 1 is 1.30 bits per heavy atom. The highest BCUT2D eigenvalue weighted by Gasteiger charge is 2.32. The third-order valence-corrected chi connectivity index (χ3v) is 3.09. The molecule has 1 aromatic carbocycles. The number of halogens is 2. The maximum Gasteiger partial charge on any atom is 0.251 e. The summed E-state index contributed by atoms with van der Waals surface area (Å²) >= 11 is 5.58. The highest BCUT2D eigenvalue weighted by atomic mass is 35.5. The third-order valence-electron chi connectivity index (χ3n) is 2.81. The molecule has 2 rings (SSSR count). The van der Waals surface area contributed by atoms with Gasteiger partial charge in [-0.2, -0.15) is 0 Å². The van der Waals surface area contributed by atoms with Gasteiger partial charge < -0.3 is 5.32 Å². The summed E-state index contributed by atoms with van der Waals surface area (Å²) in [4.78, 5) is 34.2. The topological polar surface area (TPSA) is 87.3 Å². The molecule has 0 aromatic heterocycles. The van der Waals surface area contributed by atoms with Crippen LogP contribution in [0.4, 0.5) is 10.1 Å². The molecule has 0 bridgehead atoms. The molecule has 8 heteroatoms. The Bertz CT molecular complexity index is 563. The van der Waals surface area contributed by atoms with E-state index in [2.05, 4.69) is 16.2 Å². The maximum atomic E-state index is 12.9. The Labute approximate surface area is 118 Å². The number of amides is 3. The number of anilines is 1. The molecule has 0 atom stereocenters. The molecular weight excluding hydrogens is 289 g/mol. The minimum absolute atomic E-state index is 0.0134. The normalized spacial score (nSPS) is 14.9. The van der Waals surface area contributed by atoms with E-state index in [0.717, 1.165) is 6.07 Å². The van der Waals surface area contributed by atoms with Gasteiger partial charge in [0.2, 0.25) is 5.91 Å². The summed E-state index contributed by atoms with van der Waals surface area (Å²) in [5, 5.41) is 2.41. The van der Waals surface area contributed by atoms with Crippen LogP contribution < -0.4 is 16.2 Å². The largest absolute Gasteiger partial charge is 0.326 e. The van der Waals surface area contributed by atoms with E-state index in [0.29, 0.717) is 5.69 Å². The third kappa shape index (κ3) is 3.24. The molecule has 1 heterocycles. The Morgan fingerprint density at radius 3 is 2.55 bits per heavy atom. The van der Waals surface area contributed by atoms with Crippen molar-refractivity contribution in [2.75, 3.05) is 5.32 Å². The number of hydrazine groups is 1. The predicted octanol–water partition coefficient (Wildman–Crippen LogP) is 0.975. The van der Waals surface area contributed by atoms with Crippen LogP contribution in [0.1, 0.15) is 12.8 Å². The summed E-state index contributed by atoms with van der Waals surface area (Å²) in [6.45, 7) is 0. The van der Waals surface area contributed by atoms with Gasteiger partial charge >= 0.3 is 0 Å². The van der Waals surface area contributed by atoms with Gasteiger partial charge in [0, 0.05) is 12.1 Å². The zero-order chi connectivity index (χ0) is 14.7. The smallest absolute Gasteiger partial charge is 0.251 e. The first kappa shape index (κ1) is 14.3. The van der Waals surface area contributed by atoms with Crippen LogP contribution in [-0.4, -0.2) is 17.7 Å². The van der Waals surface area contributed by atoms with Gasteiger partial charge in [-0.15, -0.1) is 0 Å². The van der Waals surface area contributed by atoms with Crippen LogP contribution in [0.3, 0.4) is 0 Å². The predicted molar refractivity (Wildman–Crippen MR) is 69.0 cm³/mol. The molecular formula is C12H11ClFN3O3. The number of carbonyl (C=O) groups is 3. The van der Waals surface area contributed by atoms with Crippen LogP contribution in [0.15, 0.2) is 18.2 Å². The van der Waals surface area contributed by atoms with Gasteiger partial charge in [-0.1, -0.05) is 11.6 Å². The lowest BCUT2D eigenvalue weighted by Gasteiger charge is -2.07. The number of benzene rings is 1. The lowest BCUT2D eigenvalue weighted by molar-refractivity contribution is -0.128. The molecule has 3 N–H and O–H groups in total. The van der Waals surface area contributed by atoms with Crippen molar-refractivity contribution in [1.82, 2.24) is 10.9 Å². The monoisotopic (exact) mass is 299 g/mol. The van der Waals surface area contributed by atoms with Crippen LogP contribution in [0.2, 0.25) is 5.02 Å². The Balaban J connectivity index is 1.88. The highest BCUT2D eigenvalue weighted by molar-refractivity contribution is 6.31. The second-order valence-corrected chi connectivity index (χ2v) is 4.65. The van der Waals surface area contributed by atoms with Gasteiger partial charge in [-0.25, -0.2) is 4.39 Å². The quantitative estimate of drug-likeness (QED) is 0.724. The summed E-state index contributed by atoms with van der Waals surface area (Å²) in [6.07, 6.45) is 0.0823. The van der Waals surface area contributed by atoms with E-state index in [4.69, 9.17) is 11.6 Å². The van der Waals surface area contributed by atoms with Crippen LogP contribution in [0.5, 0.6) is 0 Å². The van der Waals surface area contributed by atoms with Gasteiger partial charge in [0.1, 0.15) is 11.7 Å². The average Bonchev–Trinajstić information content (AvgIpc) is 2.71. The standard InChI is InChI=1S/C12H11ClFN3O3/c13-8-5-6(1-3-9(8)14)15-10(18)4-2-7-11(19)16-17-12(7)20/h1,3,5,7H,2,4H2,(H,15,18)(H,16,19)(H,17,20). The van der Waals surface area contributed by atoms with Crippen molar-refractivity contribution >= 4 is 35.0 Å². The first-order valence-electron chi connectivity index (χ1n) is 5.82. The fraction of sp³-hybridized carbons (Fsp3) is 0.250. The number of hydrogen-bond donors (Lipinski definition) is 3. The second-order valence-electron chi connectivity index (χ2n) is 4.25. The van der Waals surface area contributed by atoms with E-state index >= 15 is 0 Å². The summed E-state index contributed by atoms with van der Waals surface area (Å²) in [6, 6.07) is 3.79. The van der Waals surface area contributed by atoms with Gasteiger partial charge in [-0.05, 0) is 24.6 Å². The molecule has 106 valence electrons. The van der Waals surface area contributed by atoms with Crippen molar-refractivity contribution in [1.29, 1.82) is 0 Å². The molecule has 20 heavy (non-hydrogen) atoms. The minimum atomic E-state index is -0.863. The van der Waals surface area contributed by atoms with Crippen LogP contribution in [0.25, 0.3) is 0 Å². The van der Waals surface area contributed by atoms with Crippen LogP contribution >= 0.6 is 11.6 Å². The first-order valence-corrected chi connectivity index (χ1v) is 6.20. The molecule has 1 aromatic rings. The summed E-state index contributed by atoms with van der Waals surface area (Å²) in [5.74, 6) is -2.73.